The normalized spacial score (nSPS) is 17.8. The van der Waals surface area contributed by atoms with Crippen molar-refractivity contribution < 1.29 is 18.7 Å². The summed E-state index contributed by atoms with van der Waals surface area (Å²) in [6.45, 7) is 1.92. The van der Waals surface area contributed by atoms with Gasteiger partial charge in [0.15, 0.2) is 0 Å². The van der Waals surface area contributed by atoms with Gasteiger partial charge in [0.2, 0.25) is 0 Å². The molecule has 5 heteroatoms. The van der Waals surface area contributed by atoms with Gasteiger partial charge in [0.25, 0.3) is 0 Å². The maximum absolute atomic E-state index is 13.8. The second-order valence-corrected chi connectivity index (χ2v) is 5.45. The van der Waals surface area contributed by atoms with Crippen molar-refractivity contribution >= 4 is 11.7 Å². The fraction of sp³-hybridized carbons (Fsp3) is 0.533. The number of rotatable bonds is 4. The number of benzene rings is 1. The number of carboxylic acids is 1. The van der Waals surface area contributed by atoms with E-state index in [0.29, 0.717) is 5.92 Å². The standard InChI is InChI=1S/C15H19F2NO2/c1-9(10-5-3-2-4-6-10)18-14-12(16)7-11(15(19)20)8-13(14)17/h7-10,18H,2-6H2,1H3,(H,19,20). The van der Waals surface area contributed by atoms with E-state index in [2.05, 4.69) is 5.32 Å². The summed E-state index contributed by atoms with van der Waals surface area (Å²) in [5.74, 6) is -2.65. The number of halogens is 2. The minimum Gasteiger partial charge on any atom is -0.478 e. The maximum atomic E-state index is 13.8. The second kappa shape index (κ2) is 6.20. The zero-order chi connectivity index (χ0) is 14.7. The summed E-state index contributed by atoms with van der Waals surface area (Å²) >= 11 is 0. The van der Waals surface area contributed by atoms with Gasteiger partial charge in [-0.1, -0.05) is 19.3 Å². The predicted octanol–water partition coefficient (Wildman–Crippen LogP) is 4.04. The van der Waals surface area contributed by atoms with Crippen molar-refractivity contribution in [1.29, 1.82) is 0 Å². The zero-order valence-corrected chi connectivity index (χ0v) is 11.5. The highest BCUT2D eigenvalue weighted by atomic mass is 19.1. The van der Waals surface area contributed by atoms with Crippen LogP contribution in [0.1, 0.15) is 49.4 Å². The quantitative estimate of drug-likeness (QED) is 0.876. The van der Waals surface area contributed by atoms with Crippen molar-refractivity contribution in [2.75, 3.05) is 5.32 Å². The van der Waals surface area contributed by atoms with Gasteiger partial charge in [0.05, 0.1) is 5.56 Å². The molecule has 0 bridgehead atoms. The van der Waals surface area contributed by atoms with Crippen LogP contribution in [0, 0.1) is 17.6 Å². The van der Waals surface area contributed by atoms with E-state index in [1.54, 1.807) is 0 Å². The molecule has 1 atom stereocenters. The molecule has 2 rings (SSSR count). The molecule has 0 aromatic heterocycles. The van der Waals surface area contributed by atoms with Crippen LogP contribution in [0.15, 0.2) is 12.1 Å². The Morgan fingerprint density at radius 3 is 2.30 bits per heavy atom. The topological polar surface area (TPSA) is 49.3 Å². The van der Waals surface area contributed by atoms with E-state index >= 15 is 0 Å². The Morgan fingerprint density at radius 2 is 1.80 bits per heavy atom. The monoisotopic (exact) mass is 283 g/mol. The molecule has 110 valence electrons. The van der Waals surface area contributed by atoms with Crippen molar-refractivity contribution in [2.24, 2.45) is 5.92 Å². The molecule has 0 aliphatic heterocycles. The molecule has 1 aliphatic rings. The Hall–Kier alpha value is -1.65. The number of carbonyl (C=O) groups is 1. The molecule has 0 saturated heterocycles. The summed E-state index contributed by atoms with van der Waals surface area (Å²) in [5, 5.41) is 11.6. The number of anilines is 1. The van der Waals surface area contributed by atoms with Crippen LogP contribution < -0.4 is 5.32 Å². The lowest BCUT2D eigenvalue weighted by Gasteiger charge is -2.29. The fourth-order valence-corrected chi connectivity index (χ4v) is 2.81. The first-order valence-electron chi connectivity index (χ1n) is 6.98. The van der Waals surface area contributed by atoms with Crippen LogP contribution >= 0.6 is 0 Å². The molecule has 1 saturated carbocycles. The molecular formula is C15H19F2NO2. The summed E-state index contributed by atoms with van der Waals surface area (Å²) in [5.41, 5.74) is -0.607. The summed E-state index contributed by atoms with van der Waals surface area (Å²) in [6.07, 6.45) is 5.65. The van der Waals surface area contributed by atoms with Gasteiger partial charge < -0.3 is 10.4 Å². The largest absolute Gasteiger partial charge is 0.478 e. The van der Waals surface area contributed by atoms with E-state index in [4.69, 9.17) is 5.11 Å². The molecule has 1 unspecified atom stereocenters. The lowest BCUT2D eigenvalue weighted by molar-refractivity contribution is 0.0696. The summed E-state index contributed by atoms with van der Waals surface area (Å²) in [4.78, 5) is 10.7. The van der Waals surface area contributed by atoms with E-state index in [9.17, 15) is 13.6 Å². The minimum absolute atomic E-state index is 0.0324. The van der Waals surface area contributed by atoms with Crippen LogP contribution in [0.2, 0.25) is 0 Å². The minimum atomic E-state index is -1.34. The van der Waals surface area contributed by atoms with Gasteiger partial charge in [-0.25, -0.2) is 13.6 Å². The number of hydrogen-bond donors (Lipinski definition) is 2. The van der Waals surface area contributed by atoms with Crippen molar-refractivity contribution in [1.82, 2.24) is 0 Å². The lowest BCUT2D eigenvalue weighted by Crippen LogP contribution is -2.28. The maximum Gasteiger partial charge on any atom is 0.335 e. The third-order valence-corrected chi connectivity index (χ3v) is 4.02. The molecule has 3 nitrogen and oxygen atoms in total. The smallest absolute Gasteiger partial charge is 0.335 e. The van der Waals surface area contributed by atoms with E-state index < -0.39 is 17.6 Å². The highest BCUT2D eigenvalue weighted by Crippen LogP contribution is 2.29. The molecular weight excluding hydrogens is 264 g/mol. The Labute approximate surface area is 117 Å². The van der Waals surface area contributed by atoms with Crippen LogP contribution in [0.4, 0.5) is 14.5 Å². The van der Waals surface area contributed by atoms with Crippen molar-refractivity contribution in [3.8, 4) is 0 Å². The first-order chi connectivity index (χ1) is 9.49. The van der Waals surface area contributed by atoms with Gasteiger partial charge >= 0.3 is 5.97 Å². The van der Waals surface area contributed by atoms with Gasteiger partial charge in [0.1, 0.15) is 17.3 Å². The van der Waals surface area contributed by atoms with Gasteiger partial charge in [-0.3, -0.25) is 0 Å². The number of aromatic carboxylic acids is 1. The first-order valence-corrected chi connectivity index (χ1v) is 6.98. The highest BCUT2D eigenvalue weighted by molar-refractivity contribution is 5.88. The highest BCUT2D eigenvalue weighted by Gasteiger charge is 2.22. The van der Waals surface area contributed by atoms with Crippen LogP contribution in [-0.2, 0) is 0 Å². The summed E-state index contributed by atoms with van der Waals surface area (Å²) in [6, 6.07) is 1.66. The average Bonchev–Trinajstić information content (AvgIpc) is 2.43. The summed E-state index contributed by atoms with van der Waals surface area (Å²) < 4.78 is 27.7. The number of hydrogen-bond acceptors (Lipinski definition) is 2. The average molecular weight is 283 g/mol. The Bertz CT molecular complexity index is 476. The Kier molecular flexibility index (Phi) is 4.57. The van der Waals surface area contributed by atoms with Crippen molar-refractivity contribution in [3.63, 3.8) is 0 Å². The number of nitrogens with one attached hydrogen (secondary N) is 1. The molecule has 0 radical (unpaired) electrons. The van der Waals surface area contributed by atoms with Crippen molar-refractivity contribution in [3.05, 3.63) is 29.3 Å². The molecule has 0 heterocycles. The van der Waals surface area contributed by atoms with E-state index in [0.717, 1.165) is 37.8 Å². The zero-order valence-electron chi connectivity index (χ0n) is 11.5. The van der Waals surface area contributed by atoms with E-state index in [-0.39, 0.29) is 17.3 Å². The van der Waals surface area contributed by atoms with Crippen LogP contribution in [0.5, 0.6) is 0 Å². The lowest BCUT2D eigenvalue weighted by atomic mass is 9.84. The van der Waals surface area contributed by atoms with Gasteiger partial charge in [0, 0.05) is 6.04 Å². The van der Waals surface area contributed by atoms with Crippen molar-refractivity contribution in [2.45, 2.75) is 45.1 Å². The molecule has 2 N–H and O–H groups in total. The molecule has 1 aliphatic carbocycles. The third-order valence-electron chi connectivity index (χ3n) is 4.02. The second-order valence-electron chi connectivity index (χ2n) is 5.45. The van der Waals surface area contributed by atoms with Crippen LogP contribution in [0.25, 0.3) is 0 Å². The van der Waals surface area contributed by atoms with Gasteiger partial charge in [-0.15, -0.1) is 0 Å². The molecule has 1 fully saturated rings. The number of carboxylic acid groups (broad SMARTS) is 1. The Morgan fingerprint density at radius 1 is 1.25 bits per heavy atom. The molecule has 0 spiro atoms. The summed E-state index contributed by atoms with van der Waals surface area (Å²) in [7, 11) is 0. The Balaban J connectivity index is 2.14. The molecule has 0 amide bonds. The van der Waals surface area contributed by atoms with Crippen LogP contribution in [0.3, 0.4) is 0 Å². The fourth-order valence-electron chi connectivity index (χ4n) is 2.81. The van der Waals surface area contributed by atoms with Gasteiger partial charge in [-0.2, -0.15) is 0 Å². The SMILES string of the molecule is CC(Nc1c(F)cc(C(=O)O)cc1F)C1CCCCC1. The molecule has 1 aromatic rings. The molecule has 1 aromatic carbocycles. The predicted molar refractivity (Wildman–Crippen MR) is 73.0 cm³/mol. The third kappa shape index (κ3) is 3.26. The van der Waals surface area contributed by atoms with E-state index in [1.165, 1.54) is 6.42 Å². The molecule has 20 heavy (non-hydrogen) atoms. The van der Waals surface area contributed by atoms with Crippen LogP contribution in [-0.4, -0.2) is 17.1 Å². The van der Waals surface area contributed by atoms with Gasteiger partial charge in [-0.05, 0) is 37.8 Å². The first kappa shape index (κ1) is 14.8. The van der Waals surface area contributed by atoms with E-state index in [1.807, 2.05) is 6.92 Å².